The van der Waals surface area contributed by atoms with Gasteiger partial charge >= 0.3 is 0 Å². The largest absolute Gasteiger partial charge is 0.228 e. The van der Waals surface area contributed by atoms with Gasteiger partial charge < -0.3 is 0 Å². The standard InChI is InChI=1S/C63H44N2/c1-3-5-20-42(4-2)59-49-25-12-14-27-51(49)61(52-28-15-13-26-50(52)59)46-37-33-43(34-38-46)57-41-58(65-63(64-57)48-23-10-7-11-24-48)44-35-39-47(40-36-44)62-55-31-18-16-29-53(55)60(45-21-8-6-9-22-45)54-30-17-19-32-56(54)62/h3-41H,2H2,1H3/b5-3-,42-20+. The lowest BCUT2D eigenvalue weighted by Gasteiger charge is -2.18. The highest BCUT2D eigenvalue weighted by Crippen LogP contribution is 2.45. The third kappa shape index (κ3) is 7.12. The summed E-state index contributed by atoms with van der Waals surface area (Å²) in [7, 11) is 0. The molecule has 11 aromatic rings. The van der Waals surface area contributed by atoms with E-state index in [1.165, 1.54) is 70.9 Å². The summed E-state index contributed by atoms with van der Waals surface area (Å²) in [6.07, 6.45) is 8.25. The molecule has 11 rings (SSSR count). The minimum atomic E-state index is 0.691. The van der Waals surface area contributed by atoms with Crippen LogP contribution in [0.1, 0.15) is 12.5 Å². The van der Waals surface area contributed by atoms with Crippen molar-refractivity contribution in [1.29, 1.82) is 0 Å². The molecule has 0 saturated carbocycles. The molecule has 0 atom stereocenters. The van der Waals surface area contributed by atoms with Crippen LogP contribution in [-0.4, -0.2) is 9.97 Å². The van der Waals surface area contributed by atoms with Crippen LogP contribution in [0.15, 0.2) is 243 Å². The van der Waals surface area contributed by atoms with Crippen LogP contribution >= 0.6 is 0 Å². The van der Waals surface area contributed by atoms with Gasteiger partial charge in [0.1, 0.15) is 0 Å². The highest BCUT2D eigenvalue weighted by molar-refractivity contribution is 6.22. The van der Waals surface area contributed by atoms with Crippen molar-refractivity contribution >= 4 is 48.7 Å². The number of hydrogen-bond acceptors (Lipinski definition) is 2. The maximum absolute atomic E-state index is 5.20. The van der Waals surface area contributed by atoms with Crippen LogP contribution in [0.4, 0.5) is 0 Å². The average Bonchev–Trinajstić information content (AvgIpc) is 3.38. The third-order valence-electron chi connectivity index (χ3n) is 12.6. The molecule has 0 amide bonds. The van der Waals surface area contributed by atoms with Gasteiger partial charge in [0.05, 0.1) is 11.4 Å². The molecule has 0 bridgehead atoms. The summed E-state index contributed by atoms with van der Waals surface area (Å²) in [5.74, 6) is 0.691. The first kappa shape index (κ1) is 39.4. The predicted molar refractivity (Wildman–Crippen MR) is 278 cm³/mol. The van der Waals surface area contributed by atoms with Gasteiger partial charge in [-0.3, -0.25) is 0 Å². The fourth-order valence-corrected chi connectivity index (χ4v) is 9.63. The average molecular weight is 829 g/mol. The van der Waals surface area contributed by atoms with Crippen LogP contribution in [0, 0.1) is 0 Å². The molecule has 0 aliphatic rings. The molecule has 0 fully saturated rings. The molecule has 0 radical (unpaired) electrons. The Balaban J connectivity index is 1.02. The second-order valence-corrected chi connectivity index (χ2v) is 16.4. The molecule has 65 heavy (non-hydrogen) atoms. The minimum absolute atomic E-state index is 0.691. The summed E-state index contributed by atoms with van der Waals surface area (Å²) in [4.78, 5) is 10.4. The Labute approximate surface area is 379 Å². The number of aromatic nitrogens is 2. The molecule has 0 unspecified atom stereocenters. The topological polar surface area (TPSA) is 25.8 Å². The Hall–Kier alpha value is -8.46. The Morgan fingerprint density at radius 3 is 1.08 bits per heavy atom. The Bertz CT molecular complexity index is 3520. The summed E-state index contributed by atoms with van der Waals surface area (Å²) in [6, 6.07) is 76.0. The van der Waals surface area contributed by atoms with Gasteiger partial charge in [0.2, 0.25) is 0 Å². The molecule has 0 saturated heterocycles. The van der Waals surface area contributed by atoms with Gasteiger partial charge in [-0.2, -0.15) is 0 Å². The quantitative estimate of drug-likeness (QED) is 0.107. The van der Waals surface area contributed by atoms with Crippen molar-refractivity contribution in [3.8, 4) is 67.3 Å². The van der Waals surface area contributed by atoms with E-state index < -0.39 is 0 Å². The fourth-order valence-electron chi connectivity index (χ4n) is 9.63. The van der Waals surface area contributed by atoms with E-state index in [1.807, 2.05) is 31.2 Å². The van der Waals surface area contributed by atoms with Crippen molar-refractivity contribution in [3.63, 3.8) is 0 Å². The fraction of sp³-hybridized carbons (Fsp3) is 0.0159. The highest BCUT2D eigenvalue weighted by Gasteiger charge is 2.19. The number of hydrogen-bond donors (Lipinski definition) is 0. The summed E-state index contributed by atoms with van der Waals surface area (Å²) in [6.45, 7) is 6.25. The monoisotopic (exact) mass is 828 g/mol. The summed E-state index contributed by atoms with van der Waals surface area (Å²) in [5.41, 5.74) is 14.3. The summed E-state index contributed by atoms with van der Waals surface area (Å²) in [5, 5.41) is 9.76. The number of rotatable bonds is 9. The molecular formula is C63H44N2. The summed E-state index contributed by atoms with van der Waals surface area (Å²) < 4.78 is 0. The van der Waals surface area contributed by atoms with Crippen LogP contribution < -0.4 is 0 Å². The molecule has 0 aliphatic carbocycles. The Kier molecular flexibility index (Phi) is 10.3. The molecule has 10 aromatic carbocycles. The maximum atomic E-state index is 5.20. The predicted octanol–water partition coefficient (Wildman–Crippen LogP) is 17.2. The van der Waals surface area contributed by atoms with E-state index in [0.29, 0.717) is 5.82 Å². The van der Waals surface area contributed by atoms with Gasteiger partial charge in [-0.1, -0.05) is 237 Å². The van der Waals surface area contributed by atoms with Gasteiger partial charge in [0.15, 0.2) is 5.82 Å². The van der Waals surface area contributed by atoms with Crippen LogP contribution in [-0.2, 0) is 0 Å². The van der Waals surface area contributed by atoms with Crippen molar-refractivity contribution in [3.05, 3.63) is 249 Å². The van der Waals surface area contributed by atoms with E-state index in [9.17, 15) is 0 Å². The lowest BCUT2D eigenvalue weighted by Crippen LogP contribution is -1.96. The van der Waals surface area contributed by atoms with E-state index in [1.54, 1.807) is 0 Å². The van der Waals surface area contributed by atoms with Gasteiger partial charge in [0, 0.05) is 16.7 Å². The second kappa shape index (κ2) is 17.0. The van der Waals surface area contributed by atoms with E-state index in [0.717, 1.165) is 44.8 Å². The van der Waals surface area contributed by atoms with Gasteiger partial charge in [-0.05, 0) is 101 Å². The normalized spacial score (nSPS) is 11.9. The van der Waals surface area contributed by atoms with Gasteiger partial charge in [-0.15, -0.1) is 0 Å². The SMILES string of the molecule is C=C/C(=C\C=C/C)c1c2ccccc2c(-c2ccc(-c3cc(-c4ccc(-c5c6ccccc6c(-c6ccccc6)c6ccccc56)cc4)nc(-c4ccccc4)n3)cc2)c2ccccc12. The molecule has 0 spiro atoms. The van der Waals surface area contributed by atoms with Crippen molar-refractivity contribution in [2.75, 3.05) is 0 Å². The van der Waals surface area contributed by atoms with Crippen LogP contribution in [0.3, 0.4) is 0 Å². The molecular weight excluding hydrogens is 785 g/mol. The lowest BCUT2D eigenvalue weighted by atomic mass is 9.85. The Morgan fingerprint density at radius 1 is 0.369 bits per heavy atom. The molecule has 0 N–H and O–H groups in total. The number of fused-ring (bicyclic) bond motifs is 4. The van der Waals surface area contributed by atoms with Crippen LogP contribution in [0.2, 0.25) is 0 Å². The molecule has 1 heterocycles. The van der Waals surface area contributed by atoms with Crippen molar-refractivity contribution in [2.45, 2.75) is 6.92 Å². The van der Waals surface area contributed by atoms with Crippen LogP contribution in [0.5, 0.6) is 0 Å². The third-order valence-corrected chi connectivity index (χ3v) is 12.6. The Morgan fingerprint density at radius 2 is 0.692 bits per heavy atom. The van der Waals surface area contributed by atoms with E-state index in [-0.39, 0.29) is 0 Å². The first-order valence-corrected chi connectivity index (χ1v) is 22.2. The zero-order valence-corrected chi connectivity index (χ0v) is 36.1. The highest BCUT2D eigenvalue weighted by atomic mass is 14.9. The first-order valence-electron chi connectivity index (χ1n) is 22.2. The van der Waals surface area contributed by atoms with Crippen molar-refractivity contribution < 1.29 is 0 Å². The van der Waals surface area contributed by atoms with E-state index in [2.05, 4.69) is 219 Å². The molecule has 0 aliphatic heterocycles. The van der Waals surface area contributed by atoms with Crippen LogP contribution in [0.25, 0.3) is 116 Å². The second-order valence-electron chi connectivity index (χ2n) is 16.4. The number of benzene rings is 10. The number of allylic oxidation sites excluding steroid dienone is 5. The zero-order chi connectivity index (χ0) is 43.7. The number of nitrogens with zero attached hydrogens (tertiary/aromatic N) is 2. The van der Waals surface area contributed by atoms with E-state index in [4.69, 9.17) is 9.97 Å². The first-order chi connectivity index (χ1) is 32.2. The van der Waals surface area contributed by atoms with Crippen molar-refractivity contribution in [2.24, 2.45) is 0 Å². The van der Waals surface area contributed by atoms with Gasteiger partial charge in [-0.25, -0.2) is 9.97 Å². The van der Waals surface area contributed by atoms with Crippen molar-refractivity contribution in [1.82, 2.24) is 9.97 Å². The van der Waals surface area contributed by atoms with Gasteiger partial charge in [0.25, 0.3) is 0 Å². The lowest BCUT2D eigenvalue weighted by molar-refractivity contribution is 1.18. The zero-order valence-electron chi connectivity index (χ0n) is 36.1. The minimum Gasteiger partial charge on any atom is -0.228 e. The maximum Gasteiger partial charge on any atom is 0.160 e. The summed E-state index contributed by atoms with van der Waals surface area (Å²) >= 11 is 0. The molecule has 2 nitrogen and oxygen atoms in total. The molecule has 1 aromatic heterocycles. The van der Waals surface area contributed by atoms with E-state index >= 15 is 0 Å². The smallest absolute Gasteiger partial charge is 0.160 e. The molecule has 2 heteroatoms. The molecule has 306 valence electrons.